The number of benzene rings is 3. The Morgan fingerprint density at radius 2 is 1.86 bits per heavy atom. The van der Waals surface area contributed by atoms with Gasteiger partial charge in [-0.1, -0.05) is 18.2 Å². The number of amides is 1. The van der Waals surface area contributed by atoms with Crippen LogP contribution in [0.25, 0.3) is 20.8 Å². The summed E-state index contributed by atoms with van der Waals surface area (Å²) in [6.07, 6.45) is 0. The summed E-state index contributed by atoms with van der Waals surface area (Å²) >= 11 is 1.61. The second-order valence-electron chi connectivity index (χ2n) is 6.16. The minimum atomic E-state index is -0.514. The minimum absolute atomic E-state index is 0.0895. The van der Waals surface area contributed by atoms with Gasteiger partial charge < -0.3 is 10.1 Å². The van der Waals surface area contributed by atoms with Crippen LogP contribution >= 0.6 is 11.3 Å². The molecule has 1 N–H and O–H groups in total. The van der Waals surface area contributed by atoms with Crippen LogP contribution in [0, 0.1) is 10.1 Å². The maximum absolute atomic E-state index is 12.1. The highest BCUT2D eigenvalue weighted by Crippen LogP contribution is 2.30. The van der Waals surface area contributed by atoms with E-state index in [2.05, 4.69) is 10.3 Å². The first kappa shape index (κ1) is 18.6. The molecule has 7 nitrogen and oxygen atoms in total. The Kier molecular flexibility index (Phi) is 5.17. The van der Waals surface area contributed by atoms with E-state index in [0.29, 0.717) is 5.69 Å². The number of carbonyl (C=O) groups excluding carboxylic acids is 1. The van der Waals surface area contributed by atoms with E-state index in [1.807, 2.05) is 36.4 Å². The number of non-ortho nitro benzene ring substituents is 1. The van der Waals surface area contributed by atoms with Gasteiger partial charge in [0, 0.05) is 17.3 Å². The third-order valence-corrected chi connectivity index (χ3v) is 5.19. The summed E-state index contributed by atoms with van der Waals surface area (Å²) in [5.41, 5.74) is 2.47. The molecule has 8 heteroatoms. The van der Waals surface area contributed by atoms with Gasteiger partial charge in [-0.05, 0) is 42.5 Å². The number of nitrogens with one attached hydrogen (secondary N) is 1. The van der Waals surface area contributed by atoms with Crippen molar-refractivity contribution < 1.29 is 14.5 Å². The number of hydrogen-bond acceptors (Lipinski definition) is 6. The number of aromatic nitrogens is 1. The molecule has 29 heavy (non-hydrogen) atoms. The monoisotopic (exact) mass is 405 g/mol. The van der Waals surface area contributed by atoms with Gasteiger partial charge in [0.05, 0.1) is 21.2 Å². The average molecular weight is 405 g/mol. The number of ether oxygens (including phenoxy) is 1. The van der Waals surface area contributed by atoms with Crippen molar-refractivity contribution in [1.29, 1.82) is 0 Å². The van der Waals surface area contributed by atoms with Crippen molar-refractivity contribution in [2.24, 2.45) is 0 Å². The van der Waals surface area contributed by atoms with Gasteiger partial charge in [-0.25, -0.2) is 4.98 Å². The van der Waals surface area contributed by atoms with Crippen molar-refractivity contribution in [1.82, 2.24) is 4.98 Å². The van der Waals surface area contributed by atoms with Gasteiger partial charge in [0.25, 0.3) is 11.6 Å². The van der Waals surface area contributed by atoms with Crippen LogP contribution in [0.4, 0.5) is 11.4 Å². The Labute approximate surface area is 169 Å². The molecule has 1 heterocycles. The van der Waals surface area contributed by atoms with Crippen molar-refractivity contribution in [2.45, 2.75) is 0 Å². The number of rotatable bonds is 6. The first-order chi connectivity index (χ1) is 14.1. The van der Waals surface area contributed by atoms with Crippen LogP contribution in [0.1, 0.15) is 0 Å². The summed E-state index contributed by atoms with van der Waals surface area (Å²) < 4.78 is 6.46. The van der Waals surface area contributed by atoms with Crippen molar-refractivity contribution >= 4 is 38.8 Å². The number of nitro benzene ring substituents is 1. The molecule has 0 radical (unpaired) electrons. The predicted octanol–water partition coefficient (Wildman–Crippen LogP) is 4.89. The standard InChI is InChI=1S/C21H15N3O4S/c25-20(13-28-17-5-3-4-16(12-17)24(26)27)22-15-10-8-14(9-11-15)21-23-18-6-1-2-7-19(18)29-21/h1-12H,13H2,(H,22,25). The summed E-state index contributed by atoms with van der Waals surface area (Å²) in [6.45, 7) is -0.249. The van der Waals surface area contributed by atoms with E-state index in [4.69, 9.17) is 4.74 Å². The summed E-state index contributed by atoms with van der Waals surface area (Å²) in [6, 6.07) is 21.1. The van der Waals surface area contributed by atoms with E-state index in [0.717, 1.165) is 20.8 Å². The molecule has 0 aliphatic carbocycles. The lowest BCUT2D eigenvalue weighted by Gasteiger charge is -2.08. The van der Waals surface area contributed by atoms with Crippen molar-refractivity contribution in [3.8, 4) is 16.3 Å². The van der Waals surface area contributed by atoms with E-state index >= 15 is 0 Å². The summed E-state index contributed by atoms with van der Waals surface area (Å²) in [5.74, 6) is -0.0928. The van der Waals surface area contributed by atoms with Gasteiger partial charge in [-0.15, -0.1) is 11.3 Å². The topological polar surface area (TPSA) is 94.4 Å². The lowest BCUT2D eigenvalue weighted by atomic mass is 10.2. The molecule has 0 spiro atoms. The second-order valence-corrected chi connectivity index (χ2v) is 7.19. The first-order valence-electron chi connectivity index (χ1n) is 8.71. The Hall–Kier alpha value is -3.78. The molecule has 1 amide bonds. The Morgan fingerprint density at radius 3 is 2.62 bits per heavy atom. The molecule has 1 aromatic heterocycles. The van der Waals surface area contributed by atoms with Crippen molar-refractivity contribution in [3.05, 3.63) is 82.9 Å². The first-order valence-corrected chi connectivity index (χ1v) is 9.53. The van der Waals surface area contributed by atoms with Gasteiger partial charge in [-0.2, -0.15) is 0 Å². The summed E-state index contributed by atoms with van der Waals surface area (Å²) in [4.78, 5) is 27.0. The molecule has 0 fully saturated rings. The van der Waals surface area contributed by atoms with E-state index in [1.54, 1.807) is 29.5 Å². The van der Waals surface area contributed by atoms with Gasteiger partial charge in [0.1, 0.15) is 10.8 Å². The second kappa shape index (κ2) is 8.07. The number of hydrogen-bond donors (Lipinski definition) is 1. The molecule has 0 saturated carbocycles. The van der Waals surface area contributed by atoms with Crippen LogP contribution in [0.3, 0.4) is 0 Å². The number of fused-ring (bicyclic) bond motifs is 1. The summed E-state index contributed by atoms with van der Waals surface area (Å²) in [5, 5.41) is 14.4. The maximum Gasteiger partial charge on any atom is 0.273 e. The highest BCUT2D eigenvalue weighted by molar-refractivity contribution is 7.21. The number of nitro groups is 1. The average Bonchev–Trinajstić information content (AvgIpc) is 3.17. The number of para-hydroxylation sites is 1. The molecular weight excluding hydrogens is 390 g/mol. The number of nitrogens with zero attached hydrogens (tertiary/aromatic N) is 2. The smallest absolute Gasteiger partial charge is 0.273 e. The molecule has 0 aliphatic rings. The predicted molar refractivity (Wildman–Crippen MR) is 112 cm³/mol. The van der Waals surface area contributed by atoms with Crippen molar-refractivity contribution in [2.75, 3.05) is 11.9 Å². The fourth-order valence-electron chi connectivity index (χ4n) is 2.72. The molecule has 0 bridgehead atoms. The molecule has 4 rings (SSSR count). The molecule has 4 aromatic rings. The lowest BCUT2D eigenvalue weighted by molar-refractivity contribution is -0.384. The quantitative estimate of drug-likeness (QED) is 0.364. The van der Waals surface area contributed by atoms with Crippen molar-refractivity contribution in [3.63, 3.8) is 0 Å². The SMILES string of the molecule is O=C(COc1cccc([N+](=O)[O-])c1)Nc1ccc(-c2nc3ccccc3s2)cc1. The molecular formula is C21H15N3O4S. The zero-order valence-corrected chi connectivity index (χ0v) is 15.9. The summed E-state index contributed by atoms with van der Waals surface area (Å²) in [7, 11) is 0. The zero-order valence-electron chi connectivity index (χ0n) is 15.1. The third-order valence-electron chi connectivity index (χ3n) is 4.11. The van der Waals surface area contributed by atoms with Crippen LogP contribution in [0.15, 0.2) is 72.8 Å². The Balaban J connectivity index is 1.37. The molecule has 0 atom stereocenters. The molecule has 3 aromatic carbocycles. The number of carbonyl (C=O) groups is 1. The minimum Gasteiger partial charge on any atom is -0.484 e. The maximum atomic E-state index is 12.1. The van der Waals surface area contributed by atoms with Gasteiger partial charge >= 0.3 is 0 Å². The Morgan fingerprint density at radius 1 is 1.07 bits per heavy atom. The fraction of sp³-hybridized carbons (Fsp3) is 0.0476. The highest BCUT2D eigenvalue weighted by atomic mass is 32.1. The Bertz CT molecular complexity index is 1150. The lowest BCUT2D eigenvalue weighted by Crippen LogP contribution is -2.20. The third kappa shape index (κ3) is 4.39. The molecule has 144 valence electrons. The van der Waals surface area contributed by atoms with Crippen LogP contribution < -0.4 is 10.1 Å². The zero-order chi connectivity index (χ0) is 20.2. The van der Waals surface area contributed by atoms with Gasteiger partial charge in [0.2, 0.25) is 0 Å². The van der Waals surface area contributed by atoms with E-state index in [1.165, 1.54) is 18.2 Å². The van der Waals surface area contributed by atoms with E-state index in [-0.39, 0.29) is 24.0 Å². The molecule has 0 saturated heterocycles. The van der Waals surface area contributed by atoms with E-state index < -0.39 is 4.92 Å². The van der Waals surface area contributed by atoms with Crippen LogP contribution in [-0.4, -0.2) is 22.4 Å². The van der Waals surface area contributed by atoms with Crippen LogP contribution in [-0.2, 0) is 4.79 Å². The molecule has 0 unspecified atom stereocenters. The normalized spacial score (nSPS) is 10.6. The fourth-order valence-corrected chi connectivity index (χ4v) is 3.70. The molecule has 0 aliphatic heterocycles. The van der Waals surface area contributed by atoms with Crippen LogP contribution in [0.5, 0.6) is 5.75 Å². The number of anilines is 1. The van der Waals surface area contributed by atoms with Gasteiger partial charge in [0.15, 0.2) is 6.61 Å². The van der Waals surface area contributed by atoms with E-state index in [9.17, 15) is 14.9 Å². The largest absolute Gasteiger partial charge is 0.484 e. The number of thiazole rings is 1. The van der Waals surface area contributed by atoms with Crippen LogP contribution in [0.2, 0.25) is 0 Å². The highest BCUT2D eigenvalue weighted by Gasteiger charge is 2.09. The van der Waals surface area contributed by atoms with Gasteiger partial charge in [-0.3, -0.25) is 14.9 Å².